The van der Waals surface area contributed by atoms with Gasteiger partial charge in [0.1, 0.15) is 0 Å². The quantitative estimate of drug-likeness (QED) is 0.0410. The fourth-order valence-corrected chi connectivity index (χ4v) is 21.9. The molecule has 0 spiro atoms. The van der Waals surface area contributed by atoms with Crippen LogP contribution in [0.4, 0.5) is 0 Å². The van der Waals surface area contributed by atoms with E-state index in [2.05, 4.69) is 163 Å². The van der Waals surface area contributed by atoms with Crippen LogP contribution >= 0.6 is 90.7 Å². The van der Waals surface area contributed by atoms with Gasteiger partial charge in [0, 0.05) is 75.0 Å². The second-order valence-corrected chi connectivity index (χ2v) is 33.6. The summed E-state index contributed by atoms with van der Waals surface area (Å²) in [7, 11) is 0. The van der Waals surface area contributed by atoms with E-state index in [1.165, 1.54) is 19.5 Å². The van der Waals surface area contributed by atoms with Crippen LogP contribution in [0, 0.1) is 23.7 Å². The lowest BCUT2D eigenvalue weighted by Gasteiger charge is -2.29. The molecular formula is C76H86N4O4S8. The summed E-state index contributed by atoms with van der Waals surface area (Å²) in [6.45, 7) is 20.2. The third-order valence-electron chi connectivity index (χ3n) is 19.1. The SMILES string of the molecule is CCCCC(CC)CN1C(=O)C2=C(c3ccc(-c4ccc(-c5ccc(-c6ccc(C7=C8C(=O)N(CC(CC)CCCC)C(c9ccc(-c%10cccs%10)s9)=C8C(=O)N7CC(CC)CCCC)s6)s5)s4)s3)N(CC(CC)CCCC)C(=O)C2=C1c1ccc(-c2cccs2)s1. The van der Waals surface area contributed by atoms with E-state index in [0.29, 0.717) is 72.1 Å². The van der Waals surface area contributed by atoms with Gasteiger partial charge in [-0.05, 0) is 145 Å². The van der Waals surface area contributed by atoms with Crippen LogP contribution in [0.25, 0.3) is 71.6 Å². The third-order valence-corrected chi connectivity index (χ3v) is 28.4. The third kappa shape index (κ3) is 13.3. The molecule has 0 saturated heterocycles. The molecule has 0 aromatic carbocycles. The molecule has 4 amide bonds. The number of rotatable bonds is 33. The predicted octanol–water partition coefficient (Wildman–Crippen LogP) is 23.0. The molecule has 0 N–H and O–H groups in total. The Labute approximate surface area is 577 Å². The highest BCUT2D eigenvalue weighted by Gasteiger charge is 2.52. The van der Waals surface area contributed by atoms with Crippen molar-refractivity contribution in [2.45, 2.75) is 158 Å². The van der Waals surface area contributed by atoms with Crippen LogP contribution in [-0.2, 0) is 19.2 Å². The number of unbranched alkanes of at least 4 members (excludes halogenated alkanes) is 4. The van der Waals surface area contributed by atoms with E-state index in [1.807, 2.05) is 19.6 Å². The minimum Gasteiger partial charge on any atom is -0.306 e. The Bertz CT molecular complexity index is 3800. The van der Waals surface area contributed by atoms with Gasteiger partial charge in [0.15, 0.2) is 0 Å². The van der Waals surface area contributed by atoms with Gasteiger partial charge in [-0.15, -0.1) is 90.7 Å². The summed E-state index contributed by atoms with van der Waals surface area (Å²) in [5.41, 5.74) is 5.41. The molecule has 4 aliphatic rings. The van der Waals surface area contributed by atoms with Gasteiger partial charge in [0.2, 0.25) is 0 Å². The van der Waals surface area contributed by atoms with Gasteiger partial charge in [0.05, 0.1) is 64.6 Å². The number of carbonyl (C=O) groups excluding carboxylic acids is 4. The fraction of sp³-hybridized carbons (Fsp3) is 0.421. The summed E-state index contributed by atoms with van der Waals surface area (Å²) in [6, 6.07) is 34.6. The van der Waals surface area contributed by atoms with Gasteiger partial charge in [-0.2, -0.15) is 0 Å². The lowest BCUT2D eigenvalue weighted by atomic mass is 9.98. The van der Waals surface area contributed by atoms with Crippen molar-refractivity contribution in [2.75, 3.05) is 26.2 Å². The van der Waals surface area contributed by atoms with Crippen molar-refractivity contribution < 1.29 is 19.2 Å². The first kappa shape index (κ1) is 66.5. The van der Waals surface area contributed by atoms with Crippen LogP contribution < -0.4 is 0 Å². The molecular weight excluding hydrogens is 1290 g/mol. The maximum atomic E-state index is 15.5. The molecule has 0 aliphatic carbocycles. The van der Waals surface area contributed by atoms with Gasteiger partial charge in [-0.3, -0.25) is 19.2 Å². The number of carbonyl (C=O) groups is 4. The summed E-state index contributed by atoms with van der Waals surface area (Å²) >= 11 is 13.7. The van der Waals surface area contributed by atoms with Crippen LogP contribution in [0.5, 0.6) is 0 Å². The van der Waals surface area contributed by atoms with Crippen LogP contribution in [0.1, 0.15) is 178 Å². The molecule has 482 valence electrons. The predicted molar refractivity (Wildman–Crippen MR) is 397 cm³/mol. The van der Waals surface area contributed by atoms with Crippen molar-refractivity contribution in [2.24, 2.45) is 23.7 Å². The Kier molecular flexibility index (Phi) is 21.7. The van der Waals surface area contributed by atoms with E-state index in [0.717, 1.165) is 174 Å². The molecule has 0 fully saturated rings. The van der Waals surface area contributed by atoms with Crippen LogP contribution in [0.3, 0.4) is 0 Å². The standard InChI is InChI=1S/C76H86N4O4S8/c1-9-17-23-47(13-5)43-77-69(61-37-33-53(89-61)51-27-21-41-85-51)65-67(75(77)83)71(79(73(65)81)45-49(15-7)25-19-11-3)63-39-35-59(91-63)57-31-29-55(87-57)56-30-32-58(88-56)60-36-40-64(92-60)72-68-66(74(82)80(72)46-50(16-8)26-20-12-4)70(62-38-34-54(90-62)52-28-22-42-86-52)78(76(68)84)44-48(14-6)24-18-10-2/h21-22,27-42,47-50H,9-20,23-26,43-46H2,1-8H3. The van der Waals surface area contributed by atoms with E-state index in [4.69, 9.17) is 0 Å². The zero-order chi connectivity index (χ0) is 64.2. The minimum atomic E-state index is -0.0485. The van der Waals surface area contributed by atoms with Gasteiger partial charge in [-0.25, -0.2) is 0 Å². The van der Waals surface area contributed by atoms with Gasteiger partial charge >= 0.3 is 0 Å². The summed E-state index contributed by atoms with van der Waals surface area (Å²) in [5, 5.41) is 4.21. The number of hydrogen-bond acceptors (Lipinski definition) is 12. The van der Waals surface area contributed by atoms with Crippen molar-refractivity contribution >= 4 is 137 Å². The van der Waals surface area contributed by atoms with Crippen molar-refractivity contribution in [3.63, 3.8) is 0 Å². The molecule has 4 aliphatic heterocycles. The highest BCUT2D eigenvalue weighted by atomic mass is 32.1. The van der Waals surface area contributed by atoms with E-state index in [-0.39, 0.29) is 23.6 Å². The molecule has 16 heteroatoms. The molecule has 8 aromatic heterocycles. The Morgan fingerprint density at radius 1 is 0.283 bits per heavy atom. The first-order chi connectivity index (χ1) is 44.9. The van der Waals surface area contributed by atoms with E-state index < -0.39 is 0 Å². The average molecular weight is 1380 g/mol. The second-order valence-electron chi connectivity index (χ2n) is 25.2. The number of nitrogens with zero attached hydrogens (tertiary/aromatic N) is 4. The van der Waals surface area contributed by atoms with E-state index in [9.17, 15) is 0 Å². The summed E-state index contributed by atoms with van der Waals surface area (Å²) in [4.78, 5) is 85.4. The Hall–Kier alpha value is -5.56. The first-order valence-corrected chi connectivity index (χ1v) is 40.5. The van der Waals surface area contributed by atoms with Crippen LogP contribution in [0.2, 0.25) is 0 Å². The smallest absolute Gasteiger partial charge is 0.261 e. The molecule has 4 unspecified atom stereocenters. The lowest BCUT2D eigenvalue weighted by Crippen LogP contribution is -2.34. The van der Waals surface area contributed by atoms with Crippen molar-refractivity contribution in [1.82, 2.24) is 19.6 Å². The Morgan fingerprint density at radius 2 is 0.489 bits per heavy atom. The maximum absolute atomic E-state index is 15.5. The fourth-order valence-electron chi connectivity index (χ4n) is 13.6. The normalized spacial score (nSPS) is 16.6. The molecule has 0 saturated carbocycles. The number of hydrogen-bond donors (Lipinski definition) is 0. The summed E-state index contributed by atoms with van der Waals surface area (Å²) in [6.07, 6.45) is 16.8. The van der Waals surface area contributed by atoms with E-state index in [1.54, 1.807) is 90.7 Å². The molecule has 12 heterocycles. The molecule has 4 atom stereocenters. The van der Waals surface area contributed by atoms with Gasteiger partial charge in [0.25, 0.3) is 23.6 Å². The highest BCUT2D eigenvalue weighted by Crippen LogP contribution is 2.54. The van der Waals surface area contributed by atoms with Crippen LogP contribution in [-0.4, -0.2) is 69.4 Å². The summed E-state index contributed by atoms with van der Waals surface area (Å²) < 4.78 is 0. The van der Waals surface area contributed by atoms with Crippen molar-refractivity contribution in [1.29, 1.82) is 0 Å². The first-order valence-electron chi connectivity index (χ1n) is 33.9. The largest absolute Gasteiger partial charge is 0.306 e. The van der Waals surface area contributed by atoms with E-state index >= 15 is 19.2 Å². The molecule has 0 radical (unpaired) electrons. The Morgan fingerprint density at radius 3 is 0.685 bits per heavy atom. The second kappa shape index (κ2) is 30.0. The maximum Gasteiger partial charge on any atom is 0.261 e. The van der Waals surface area contributed by atoms with Gasteiger partial charge < -0.3 is 19.6 Å². The lowest BCUT2D eigenvalue weighted by molar-refractivity contribution is -0.124. The number of fused-ring (bicyclic) bond motifs is 2. The molecule has 8 nitrogen and oxygen atoms in total. The molecule has 92 heavy (non-hydrogen) atoms. The topological polar surface area (TPSA) is 81.2 Å². The number of thiophene rings is 8. The molecule has 12 rings (SSSR count). The van der Waals surface area contributed by atoms with Crippen LogP contribution in [0.15, 0.2) is 130 Å². The van der Waals surface area contributed by atoms with Gasteiger partial charge in [-0.1, -0.05) is 145 Å². The van der Waals surface area contributed by atoms with Crippen molar-refractivity contribution in [3.05, 3.63) is 150 Å². The zero-order valence-electron chi connectivity index (χ0n) is 54.5. The highest BCUT2D eigenvalue weighted by molar-refractivity contribution is 7.29. The number of amides is 4. The average Bonchev–Trinajstić information content (AvgIpc) is 1.56. The zero-order valence-corrected chi connectivity index (χ0v) is 61.1. The Balaban J connectivity index is 0.878. The monoisotopic (exact) mass is 1370 g/mol. The van der Waals surface area contributed by atoms with Crippen molar-refractivity contribution in [3.8, 4) is 48.8 Å². The minimum absolute atomic E-state index is 0.0485. The molecule has 8 aromatic rings. The molecule has 0 bridgehead atoms. The summed E-state index contributed by atoms with van der Waals surface area (Å²) in [5.74, 6) is 1.06.